The summed E-state index contributed by atoms with van der Waals surface area (Å²) in [6, 6.07) is 11.5. The summed E-state index contributed by atoms with van der Waals surface area (Å²) in [6.45, 7) is 0. The van der Waals surface area contributed by atoms with Gasteiger partial charge in [-0.05, 0) is 36.1 Å². The molecule has 150 valence electrons. The molecule has 0 bridgehead atoms. The number of carbonyl (C=O) groups is 2. The van der Waals surface area contributed by atoms with Gasteiger partial charge in [0.05, 0.1) is 39.4 Å². The van der Waals surface area contributed by atoms with Gasteiger partial charge in [0.2, 0.25) is 0 Å². The van der Waals surface area contributed by atoms with Crippen molar-refractivity contribution < 1.29 is 18.0 Å². The van der Waals surface area contributed by atoms with E-state index < -0.39 is 21.7 Å². The Morgan fingerprint density at radius 2 is 2.00 bits per heavy atom. The van der Waals surface area contributed by atoms with Gasteiger partial charge in [0.25, 0.3) is 11.8 Å². The van der Waals surface area contributed by atoms with Crippen molar-refractivity contribution in [3.8, 4) is 10.6 Å². The number of hydrogen-bond donors (Lipinski definition) is 2. The van der Waals surface area contributed by atoms with Crippen LogP contribution in [0.25, 0.3) is 10.6 Å². The molecular weight excluding hydrogens is 412 g/mol. The largest absolute Gasteiger partial charge is 0.366 e. The van der Waals surface area contributed by atoms with Crippen molar-refractivity contribution in [2.75, 3.05) is 16.8 Å². The fourth-order valence-electron chi connectivity index (χ4n) is 3.35. The standard InChI is InChI=1S/C19H18N4O4S2/c20-18(24)13-4-1-2-5-14(13)21-19(25)15-10-16(17-6-3-8-28-17)23(22-15)12-7-9-29(26,27)11-12/h1-6,8,10,12H,7,9,11H2,(H2,20,24)(H,21,25). The number of hydrogen-bond acceptors (Lipinski definition) is 6. The molecule has 0 radical (unpaired) electrons. The number of aromatic nitrogens is 2. The quantitative estimate of drug-likeness (QED) is 0.643. The van der Waals surface area contributed by atoms with E-state index >= 15 is 0 Å². The average molecular weight is 431 g/mol. The lowest BCUT2D eigenvalue weighted by molar-refractivity contribution is 0.100. The first kappa shape index (κ1) is 19.3. The predicted molar refractivity (Wildman–Crippen MR) is 111 cm³/mol. The molecule has 10 heteroatoms. The Hall–Kier alpha value is -2.98. The number of benzene rings is 1. The molecule has 2 amide bonds. The molecule has 1 aliphatic rings. The third-order valence-electron chi connectivity index (χ3n) is 4.74. The van der Waals surface area contributed by atoms with Gasteiger partial charge in [-0.2, -0.15) is 5.10 Å². The van der Waals surface area contributed by atoms with Gasteiger partial charge in [-0.15, -0.1) is 11.3 Å². The summed E-state index contributed by atoms with van der Waals surface area (Å²) in [5.41, 5.74) is 6.68. The zero-order chi connectivity index (χ0) is 20.6. The molecule has 29 heavy (non-hydrogen) atoms. The number of sulfone groups is 1. The number of nitrogens with zero attached hydrogens (tertiary/aromatic N) is 2. The smallest absolute Gasteiger partial charge is 0.276 e. The van der Waals surface area contributed by atoms with Gasteiger partial charge in [-0.1, -0.05) is 18.2 Å². The van der Waals surface area contributed by atoms with E-state index in [1.165, 1.54) is 17.4 Å². The van der Waals surface area contributed by atoms with E-state index in [0.29, 0.717) is 17.8 Å². The Balaban J connectivity index is 1.69. The van der Waals surface area contributed by atoms with Crippen LogP contribution in [-0.2, 0) is 9.84 Å². The van der Waals surface area contributed by atoms with Gasteiger partial charge in [0, 0.05) is 0 Å². The highest BCUT2D eigenvalue weighted by molar-refractivity contribution is 7.91. The van der Waals surface area contributed by atoms with Gasteiger partial charge in [0.15, 0.2) is 15.5 Å². The summed E-state index contributed by atoms with van der Waals surface area (Å²) in [5, 5.41) is 8.99. The van der Waals surface area contributed by atoms with Crippen LogP contribution in [0.4, 0.5) is 5.69 Å². The number of primary amides is 1. The summed E-state index contributed by atoms with van der Waals surface area (Å²) in [5.74, 6) is -1.05. The Bertz CT molecular complexity index is 1180. The average Bonchev–Trinajstić information content (AvgIpc) is 3.40. The lowest BCUT2D eigenvalue weighted by Crippen LogP contribution is -2.19. The third-order valence-corrected chi connectivity index (χ3v) is 7.38. The van der Waals surface area contributed by atoms with Crippen molar-refractivity contribution in [1.82, 2.24) is 9.78 Å². The van der Waals surface area contributed by atoms with Crippen LogP contribution in [0, 0.1) is 0 Å². The van der Waals surface area contributed by atoms with E-state index in [9.17, 15) is 18.0 Å². The monoisotopic (exact) mass is 430 g/mol. The Kier molecular flexibility index (Phi) is 4.97. The summed E-state index contributed by atoms with van der Waals surface area (Å²) in [7, 11) is -3.11. The number of rotatable bonds is 5. The Morgan fingerprint density at radius 1 is 1.21 bits per heavy atom. The number of thiophene rings is 1. The number of amides is 2. The summed E-state index contributed by atoms with van der Waals surface area (Å²) < 4.78 is 25.5. The molecule has 2 aromatic heterocycles. The number of carbonyl (C=O) groups excluding carboxylic acids is 2. The Morgan fingerprint density at radius 3 is 2.66 bits per heavy atom. The first-order valence-electron chi connectivity index (χ1n) is 8.88. The van der Waals surface area contributed by atoms with Crippen LogP contribution in [0.3, 0.4) is 0 Å². The van der Waals surface area contributed by atoms with E-state index in [1.54, 1.807) is 28.9 Å². The number of nitrogens with two attached hydrogens (primary N) is 1. The highest BCUT2D eigenvalue weighted by atomic mass is 32.2. The van der Waals surface area contributed by atoms with Crippen molar-refractivity contribution in [3.63, 3.8) is 0 Å². The molecule has 3 N–H and O–H groups in total. The minimum Gasteiger partial charge on any atom is -0.366 e. The maximum Gasteiger partial charge on any atom is 0.276 e. The van der Waals surface area contributed by atoms with E-state index in [4.69, 9.17) is 5.73 Å². The number of nitrogens with one attached hydrogen (secondary N) is 1. The van der Waals surface area contributed by atoms with Gasteiger partial charge < -0.3 is 11.1 Å². The van der Waals surface area contributed by atoms with Crippen molar-refractivity contribution >= 4 is 38.7 Å². The first-order chi connectivity index (χ1) is 13.8. The summed E-state index contributed by atoms with van der Waals surface area (Å²) in [6.07, 6.45) is 0.452. The van der Waals surface area contributed by atoms with Gasteiger partial charge in [-0.25, -0.2) is 8.42 Å². The Labute approximate surface area is 171 Å². The molecule has 1 aliphatic heterocycles. The molecule has 1 saturated heterocycles. The lowest BCUT2D eigenvalue weighted by atomic mass is 10.1. The van der Waals surface area contributed by atoms with Gasteiger partial charge in [-0.3, -0.25) is 14.3 Å². The zero-order valence-electron chi connectivity index (χ0n) is 15.2. The topological polar surface area (TPSA) is 124 Å². The highest BCUT2D eigenvalue weighted by Crippen LogP contribution is 2.32. The molecule has 0 spiro atoms. The molecule has 3 aromatic rings. The van der Waals surface area contributed by atoms with Crippen LogP contribution in [-0.4, -0.2) is 41.5 Å². The van der Waals surface area contributed by atoms with E-state index in [2.05, 4.69) is 10.4 Å². The summed E-state index contributed by atoms with van der Waals surface area (Å²) >= 11 is 1.48. The summed E-state index contributed by atoms with van der Waals surface area (Å²) in [4.78, 5) is 25.3. The minimum absolute atomic E-state index is 0.00137. The van der Waals surface area contributed by atoms with Crippen molar-refractivity contribution in [2.24, 2.45) is 5.73 Å². The fraction of sp³-hybridized carbons (Fsp3) is 0.211. The van der Waals surface area contributed by atoms with Crippen LogP contribution < -0.4 is 11.1 Å². The maximum absolute atomic E-state index is 12.8. The van der Waals surface area contributed by atoms with Gasteiger partial charge >= 0.3 is 0 Å². The normalized spacial score (nSPS) is 17.9. The minimum atomic E-state index is -3.11. The van der Waals surface area contributed by atoms with Crippen molar-refractivity contribution in [2.45, 2.75) is 12.5 Å². The second-order valence-corrected chi connectivity index (χ2v) is 9.93. The van der Waals surface area contributed by atoms with Crippen LogP contribution >= 0.6 is 11.3 Å². The molecule has 0 saturated carbocycles. The molecule has 8 nitrogen and oxygen atoms in total. The molecule has 1 fully saturated rings. The highest BCUT2D eigenvalue weighted by Gasteiger charge is 2.32. The van der Waals surface area contributed by atoms with E-state index in [1.807, 2.05) is 17.5 Å². The third kappa shape index (κ3) is 3.94. The first-order valence-corrected chi connectivity index (χ1v) is 11.6. The zero-order valence-corrected chi connectivity index (χ0v) is 16.9. The SMILES string of the molecule is NC(=O)c1ccccc1NC(=O)c1cc(-c2cccs2)n(C2CCS(=O)(=O)C2)n1. The van der Waals surface area contributed by atoms with Crippen LogP contribution in [0.2, 0.25) is 0 Å². The number of para-hydroxylation sites is 1. The lowest BCUT2D eigenvalue weighted by Gasteiger charge is -2.12. The molecule has 1 atom stereocenters. The molecular formula is C19H18N4O4S2. The van der Waals surface area contributed by atoms with Crippen LogP contribution in [0.15, 0.2) is 47.8 Å². The van der Waals surface area contributed by atoms with E-state index in [0.717, 1.165) is 4.88 Å². The van der Waals surface area contributed by atoms with Crippen LogP contribution in [0.5, 0.6) is 0 Å². The number of anilines is 1. The van der Waals surface area contributed by atoms with E-state index in [-0.39, 0.29) is 28.8 Å². The van der Waals surface area contributed by atoms with Crippen molar-refractivity contribution in [1.29, 1.82) is 0 Å². The fourth-order valence-corrected chi connectivity index (χ4v) is 5.78. The second kappa shape index (κ2) is 7.45. The predicted octanol–water partition coefficient (Wildman–Crippen LogP) is 2.32. The molecule has 4 rings (SSSR count). The molecule has 1 aromatic carbocycles. The molecule has 0 aliphatic carbocycles. The molecule has 1 unspecified atom stereocenters. The van der Waals surface area contributed by atoms with Crippen molar-refractivity contribution in [3.05, 3.63) is 59.1 Å². The maximum atomic E-state index is 12.8. The van der Waals surface area contributed by atoms with Crippen LogP contribution in [0.1, 0.15) is 33.3 Å². The second-order valence-electron chi connectivity index (χ2n) is 6.76. The molecule has 3 heterocycles. The van der Waals surface area contributed by atoms with Gasteiger partial charge in [0.1, 0.15) is 0 Å².